The highest BCUT2D eigenvalue weighted by Crippen LogP contribution is 2.14. The molecule has 0 heterocycles. The van der Waals surface area contributed by atoms with Crippen molar-refractivity contribution < 1.29 is 24.0 Å². The molecule has 0 radical (unpaired) electrons. The second-order valence-corrected chi connectivity index (χ2v) is 3.52. The second kappa shape index (κ2) is 7.16. The van der Waals surface area contributed by atoms with Crippen LogP contribution in [0.1, 0.15) is 20.3 Å². The van der Waals surface area contributed by atoms with Gasteiger partial charge in [0.15, 0.2) is 0 Å². The molecule has 0 aromatic rings. The minimum atomic E-state index is 0. The van der Waals surface area contributed by atoms with Gasteiger partial charge in [0.1, 0.15) is 0 Å². The van der Waals surface area contributed by atoms with Gasteiger partial charge in [-0.1, -0.05) is 6.92 Å². The normalized spacial score (nSPS) is 14.1. The van der Waals surface area contributed by atoms with Crippen molar-refractivity contribution in [2.75, 3.05) is 6.66 Å². The van der Waals surface area contributed by atoms with E-state index in [1.54, 1.807) is 0 Å². The quantitative estimate of drug-likeness (QED) is 0.415. The molecule has 0 aliphatic heterocycles. The summed E-state index contributed by atoms with van der Waals surface area (Å²) in [6.07, 6.45) is 1.37. The van der Waals surface area contributed by atoms with Gasteiger partial charge in [0.05, 0.1) is 5.66 Å². The van der Waals surface area contributed by atoms with Gasteiger partial charge >= 0.3 is 0 Å². The summed E-state index contributed by atoms with van der Waals surface area (Å²) in [4.78, 5) is 0. The maximum atomic E-state index is 2.31. The summed E-state index contributed by atoms with van der Waals surface area (Å²) in [5.41, 5.74) is 1.02. The van der Waals surface area contributed by atoms with Gasteiger partial charge in [-0.2, -0.15) is 0 Å². The maximum absolute atomic E-state index is 2.31. The van der Waals surface area contributed by atoms with Crippen molar-refractivity contribution in [2.45, 2.75) is 25.9 Å². The minimum Gasteiger partial charge on any atom is -1.00 e. The van der Waals surface area contributed by atoms with E-state index in [0.29, 0.717) is 0 Å². The molecule has 2 heteroatoms. The predicted octanol–water partition coefficient (Wildman–Crippen LogP) is -1.17. The van der Waals surface area contributed by atoms with Crippen molar-refractivity contribution in [1.82, 2.24) is 0 Å². The van der Waals surface area contributed by atoms with E-state index in [1.165, 1.54) is 6.42 Å². The topological polar surface area (TPSA) is 0 Å². The van der Waals surface area contributed by atoms with Crippen molar-refractivity contribution in [2.24, 2.45) is 0 Å². The van der Waals surface area contributed by atoms with E-state index in [-0.39, 0.29) is 24.0 Å². The van der Waals surface area contributed by atoms with Crippen molar-refractivity contribution in [1.29, 1.82) is 0 Å². The first kappa shape index (κ1) is 11.0. The molecular formula is C5H14IP. The van der Waals surface area contributed by atoms with Crippen LogP contribution < -0.4 is 24.0 Å². The third kappa shape index (κ3) is 7.16. The molecule has 0 aromatic heterocycles. The molecule has 0 nitrogen and oxygen atoms in total. The van der Waals surface area contributed by atoms with E-state index in [1.807, 2.05) is 0 Å². The third-order valence-electron chi connectivity index (χ3n) is 1.21. The fourth-order valence-corrected chi connectivity index (χ4v) is 0.707. The Labute approximate surface area is 65.3 Å². The van der Waals surface area contributed by atoms with Crippen LogP contribution in [-0.4, -0.2) is 12.3 Å². The monoisotopic (exact) mass is 232 g/mol. The standard InChI is InChI=1S/C5H13P.HI/c1-4-5(2)6-3;/h5-6H,4H2,1-3H3;1H. The molecule has 0 bridgehead atoms. The number of hydrogen-bond donors (Lipinski definition) is 0. The molecule has 0 N–H and O–H groups in total. The fraction of sp³-hybridized carbons (Fsp3) is 1.00. The lowest BCUT2D eigenvalue weighted by Crippen LogP contribution is -3.00. The second-order valence-electron chi connectivity index (χ2n) is 1.72. The zero-order valence-electron chi connectivity index (χ0n) is 5.24. The third-order valence-corrected chi connectivity index (χ3v) is 2.82. The largest absolute Gasteiger partial charge is 1.00 e. The van der Waals surface area contributed by atoms with Crippen LogP contribution in [0.5, 0.6) is 0 Å². The van der Waals surface area contributed by atoms with Gasteiger partial charge in [-0.15, -0.1) is 0 Å². The number of rotatable bonds is 2. The van der Waals surface area contributed by atoms with Crippen LogP contribution in [0.2, 0.25) is 0 Å². The Morgan fingerprint density at radius 2 is 2.00 bits per heavy atom. The van der Waals surface area contributed by atoms with Crippen LogP contribution in [0.25, 0.3) is 0 Å². The predicted molar refractivity (Wildman–Crippen MR) is 35.4 cm³/mol. The SMILES string of the molecule is CCC(C)[PH2+]C.[I-]. The summed E-state index contributed by atoms with van der Waals surface area (Å²) >= 11 is 0. The average Bonchev–Trinajstić information content (AvgIpc) is 1.65. The van der Waals surface area contributed by atoms with Crippen LogP contribution in [-0.2, 0) is 0 Å². The highest BCUT2D eigenvalue weighted by atomic mass is 127. The molecule has 0 rings (SSSR count). The van der Waals surface area contributed by atoms with Crippen LogP contribution >= 0.6 is 8.58 Å². The molecular weight excluding hydrogens is 218 g/mol. The Kier molecular flexibility index (Phi) is 11.3. The fourth-order valence-electron chi connectivity index (χ4n) is 0.236. The van der Waals surface area contributed by atoms with Crippen molar-refractivity contribution in [3.8, 4) is 0 Å². The molecule has 0 aliphatic carbocycles. The number of halogens is 1. The summed E-state index contributed by atoms with van der Waals surface area (Å²) in [6.45, 7) is 6.88. The Morgan fingerprint density at radius 3 is 2.00 bits per heavy atom. The highest BCUT2D eigenvalue weighted by molar-refractivity contribution is 7.37. The molecule has 0 spiro atoms. The molecule has 0 fully saturated rings. The lowest BCUT2D eigenvalue weighted by molar-refractivity contribution is -0.00000142. The Bertz CT molecular complexity index is 27.3. The van der Waals surface area contributed by atoms with Gasteiger partial charge in [-0.3, -0.25) is 0 Å². The van der Waals surface area contributed by atoms with E-state index in [9.17, 15) is 0 Å². The summed E-state index contributed by atoms with van der Waals surface area (Å²) < 4.78 is 0. The molecule has 0 amide bonds. The van der Waals surface area contributed by atoms with Crippen LogP contribution in [0, 0.1) is 0 Å². The van der Waals surface area contributed by atoms with Crippen LogP contribution in [0.15, 0.2) is 0 Å². The summed E-state index contributed by atoms with van der Waals surface area (Å²) in [7, 11) is 0.735. The zero-order chi connectivity index (χ0) is 4.99. The van der Waals surface area contributed by atoms with Gasteiger partial charge in [0, 0.05) is 6.66 Å². The first-order valence-electron chi connectivity index (χ1n) is 2.60. The smallest absolute Gasteiger partial charge is 0.0619 e. The minimum absolute atomic E-state index is 0. The molecule has 46 valence electrons. The Hall–Kier alpha value is 1.16. The molecule has 0 saturated carbocycles. The van der Waals surface area contributed by atoms with E-state index in [2.05, 4.69) is 20.5 Å². The van der Waals surface area contributed by atoms with Gasteiger partial charge in [-0.05, 0) is 21.9 Å². The van der Waals surface area contributed by atoms with E-state index >= 15 is 0 Å². The van der Waals surface area contributed by atoms with Gasteiger partial charge < -0.3 is 24.0 Å². The summed E-state index contributed by atoms with van der Waals surface area (Å²) in [5.74, 6) is 0. The van der Waals surface area contributed by atoms with Gasteiger partial charge in [0.2, 0.25) is 0 Å². The first-order chi connectivity index (χ1) is 2.81. The van der Waals surface area contributed by atoms with E-state index in [4.69, 9.17) is 0 Å². The first-order valence-corrected chi connectivity index (χ1v) is 4.42. The molecule has 0 saturated heterocycles. The maximum Gasteiger partial charge on any atom is 0.0619 e. The van der Waals surface area contributed by atoms with Crippen LogP contribution in [0.4, 0.5) is 0 Å². The van der Waals surface area contributed by atoms with Gasteiger partial charge in [0.25, 0.3) is 0 Å². The van der Waals surface area contributed by atoms with Crippen LogP contribution in [0.3, 0.4) is 0 Å². The van der Waals surface area contributed by atoms with E-state index in [0.717, 1.165) is 14.2 Å². The van der Waals surface area contributed by atoms with Crippen molar-refractivity contribution in [3.63, 3.8) is 0 Å². The lowest BCUT2D eigenvalue weighted by atomic mass is 10.4. The summed E-state index contributed by atoms with van der Waals surface area (Å²) in [5, 5.41) is 0. The van der Waals surface area contributed by atoms with E-state index < -0.39 is 0 Å². The highest BCUT2D eigenvalue weighted by Gasteiger charge is 1.95. The number of hydrogen-bond acceptors (Lipinski definition) is 0. The molecule has 2 unspecified atom stereocenters. The average molecular weight is 232 g/mol. The Balaban J connectivity index is 0. The summed E-state index contributed by atoms with van der Waals surface area (Å²) in [6, 6.07) is 0. The Morgan fingerprint density at radius 1 is 1.57 bits per heavy atom. The molecule has 0 aromatic carbocycles. The molecule has 2 atom stereocenters. The van der Waals surface area contributed by atoms with Gasteiger partial charge in [-0.25, -0.2) is 0 Å². The molecule has 7 heavy (non-hydrogen) atoms. The lowest BCUT2D eigenvalue weighted by Gasteiger charge is -1.92. The van der Waals surface area contributed by atoms with Crippen molar-refractivity contribution >= 4 is 8.58 Å². The molecule has 0 aliphatic rings. The zero-order valence-corrected chi connectivity index (χ0v) is 8.55. The van der Waals surface area contributed by atoms with Crippen molar-refractivity contribution in [3.05, 3.63) is 0 Å².